The Balaban J connectivity index is 2.89. The average molecular weight is 300 g/mol. The number of aliphatic hydroxyl groups excluding tert-OH is 1. The Bertz CT molecular complexity index is 545. The number of nitrogens with one attached hydrogen (secondary N) is 1. The van der Waals surface area contributed by atoms with Gasteiger partial charge in [0.2, 0.25) is 10.0 Å². The summed E-state index contributed by atoms with van der Waals surface area (Å²) in [5.41, 5.74) is 0.407. The first kappa shape index (κ1) is 16.0. The summed E-state index contributed by atoms with van der Waals surface area (Å²) in [6.07, 6.45) is 1.81. The number of hydrogen-bond donors (Lipinski definition) is 2. The van der Waals surface area contributed by atoms with Crippen molar-refractivity contribution in [2.24, 2.45) is 0 Å². The topological polar surface area (TPSA) is 90.2 Å². The minimum Gasteiger partial charge on any atom is -0.395 e. The van der Waals surface area contributed by atoms with Crippen molar-refractivity contribution in [1.82, 2.24) is 4.72 Å². The first-order valence-electron chi connectivity index (χ1n) is 5.60. The summed E-state index contributed by atoms with van der Waals surface area (Å²) >= 11 is 1.40. The summed E-state index contributed by atoms with van der Waals surface area (Å²) in [5.74, 6) is 0. The SMILES string of the molecule is CSC(CO)C(C)NS(=O)(=O)c1ccc(C#N)cc1. The lowest BCUT2D eigenvalue weighted by molar-refractivity contribution is 0.282. The smallest absolute Gasteiger partial charge is 0.240 e. The Morgan fingerprint density at radius 1 is 1.42 bits per heavy atom. The van der Waals surface area contributed by atoms with Crippen LogP contribution in [0.15, 0.2) is 29.2 Å². The molecule has 1 rings (SSSR count). The quantitative estimate of drug-likeness (QED) is 0.816. The van der Waals surface area contributed by atoms with E-state index in [9.17, 15) is 8.42 Å². The number of nitrogens with zero attached hydrogens (tertiary/aromatic N) is 1. The highest BCUT2D eigenvalue weighted by atomic mass is 32.2. The van der Waals surface area contributed by atoms with Gasteiger partial charge in [-0.2, -0.15) is 17.0 Å². The molecule has 0 heterocycles. The molecule has 0 fully saturated rings. The van der Waals surface area contributed by atoms with Crippen LogP contribution >= 0.6 is 11.8 Å². The van der Waals surface area contributed by atoms with Crippen LogP contribution in [0.1, 0.15) is 12.5 Å². The Labute approximate surface area is 117 Å². The van der Waals surface area contributed by atoms with Crippen LogP contribution in [0.3, 0.4) is 0 Å². The summed E-state index contributed by atoms with van der Waals surface area (Å²) in [4.78, 5) is 0.108. The molecule has 2 atom stereocenters. The number of thioether (sulfide) groups is 1. The van der Waals surface area contributed by atoms with Crippen molar-refractivity contribution in [3.05, 3.63) is 29.8 Å². The van der Waals surface area contributed by atoms with Crippen LogP contribution in [-0.2, 0) is 10.0 Å². The van der Waals surface area contributed by atoms with E-state index in [1.807, 2.05) is 12.3 Å². The molecule has 0 bridgehead atoms. The number of nitriles is 1. The summed E-state index contributed by atoms with van der Waals surface area (Å²) < 4.78 is 26.7. The van der Waals surface area contributed by atoms with Crippen molar-refractivity contribution in [2.45, 2.75) is 23.1 Å². The summed E-state index contributed by atoms with van der Waals surface area (Å²) in [5, 5.41) is 17.6. The lowest BCUT2D eigenvalue weighted by Gasteiger charge is -2.21. The van der Waals surface area contributed by atoms with E-state index >= 15 is 0 Å². The maximum Gasteiger partial charge on any atom is 0.240 e. The molecule has 1 aromatic carbocycles. The van der Waals surface area contributed by atoms with Crippen molar-refractivity contribution in [2.75, 3.05) is 12.9 Å². The molecular formula is C12H16N2O3S2. The summed E-state index contributed by atoms with van der Waals surface area (Å²) in [6, 6.07) is 7.23. The Morgan fingerprint density at radius 3 is 2.42 bits per heavy atom. The van der Waals surface area contributed by atoms with Crippen molar-refractivity contribution in [1.29, 1.82) is 5.26 Å². The van der Waals surface area contributed by atoms with Gasteiger partial charge in [-0.1, -0.05) is 0 Å². The van der Waals surface area contributed by atoms with Gasteiger partial charge in [0.25, 0.3) is 0 Å². The molecule has 0 aromatic heterocycles. The maximum absolute atomic E-state index is 12.1. The van der Waals surface area contributed by atoms with Crippen molar-refractivity contribution in [3.8, 4) is 6.07 Å². The minimum atomic E-state index is -3.63. The van der Waals surface area contributed by atoms with Gasteiger partial charge in [0.05, 0.1) is 23.1 Å². The second kappa shape index (κ2) is 6.91. The molecule has 0 aliphatic rings. The molecule has 2 N–H and O–H groups in total. The van der Waals surface area contributed by atoms with E-state index in [1.165, 1.54) is 36.0 Å². The molecule has 5 nitrogen and oxygen atoms in total. The Kier molecular flexibility index (Phi) is 5.82. The van der Waals surface area contributed by atoms with Crippen LogP contribution in [0.25, 0.3) is 0 Å². The van der Waals surface area contributed by atoms with Crippen LogP contribution in [0, 0.1) is 11.3 Å². The Hall–Kier alpha value is -1.07. The lowest BCUT2D eigenvalue weighted by atomic mass is 10.2. The lowest BCUT2D eigenvalue weighted by Crippen LogP contribution is -2.41. The Morgan fingerprint density at radius 2 is 2.00 bits per heavy atom. The fourth-order valence-corrected chi connectivity index (χ4v) is 3.53. The van der Waals surface area contributed by atoms with E-state index < -0.39 is 10.0 Å². The zero-order valence-electron chi connectivity index (χ0n) is 10.7. The molecule has 0 spiro atoms. The fraction of sp³-hybridized carbons (Fsp3) is 0.417. The van der Waals surface area contributed by atoms with Gasteiger partial charge in [0.1, 0.15) is 0 Å². The van der Waals surface area contributed by atoms with Crippen molar-refractivity contribution < 1.29 is 13.5 Å². The number of rotatable bonds is 6. The molecule has 0 saturated heterocycles. The molecule has 2 unspecified atom stereocenters. The molecule has 0 amide bonds. The highest BCUT2D eigenvalue weighted by Crippen LogP contribution is 2.15. The summed E-state index contributed by atoms with van der Waals surface area (Å²) in [6.45, 7) is 1.61. The predicted molar refractivity (Wildman–Crippen MR) is 75.3 cm³/mol. The van der Waals surface area contributed by atoms with Gasteiger partial charge < -0.3 is 5.11 Å². The number of sulfonamides is 1. The highest BCUT2D eigenvalue weighted by molar-refractivity contribution is 7.99. The number of benzene rings is 1. The van der Waals surface area contributed by atoms with Gasteiger partial charge in [-0.15, -0.1) is 0 Å². The van der Waals surface area contributed by atoms with Crippen molar-refractivity contribution >= 4 is 21.8 Å². The first-order valence-corrected chi connectivity index (χ1v) is 8.38. The third kappa shape index (κ3) is 4.21. The van der Waals surface area contributed by atoms with E-state index in [0.29, 0.717) is 5.56 Å². The molecule has 0 aliphatic carbocycles. The molecule has 19 heavy (non-hydrogen) atoms. The second-order valence-corrected chi connectivity index (χ2v) is 6.79. The fourth-order valence-electron chi connectivity index (χ4n) is 1.53. The molecule has 1 aromatic rings. The van der Waals surface area contributed by atoms with E-state index in [0.717, 1.165) is 0 Å². The molecule has 0 radical (unpaired) electrons. The van der Waals surface area contributed by atoms with Crippen LogP contribution in [0.5, 0.6) is 0 Å². The third-order valence-corrected chi connectivity index (χ3v) is 5.41. The van der Waals surface area contributed by atoms with Crippen LogP contribution in [0.4, 0.5) is 0 Å². The zero-order valence-corrected chi connectivity index (χ0v) is 12.3. The van der Waals surface area contributed by atoms with Crippen molar-refractivity contribution in [3.63, 3.8) is 0 Å². The van der Waals surface area contributed by atoms with Gasteiger partial charge in [-0.25, -0.2) is 13.1 Å². The zero-order chi connectivity index (χ0) is 14.5. The van der Waals surface area contributed by atoms with E-state index in [-0.39, 0.29) is 22.8 Å². The molecule has 0 aliphatic heterocycles. The van der Waals surface area contributed by atoms with Gasteiger partial charge in [-0.3, -0.25) is 0 Å². The largest absolute Gasteiger partial charge is 0.395 e. The van der Waals surface area contributed by atoms with Crippen LogP contribution < -0.4 is 4.72 Å². The van der Waals surface area contributed by atoms with Crippen LogP contribution in [-0.4, -0.2) is 37.7 Å². The van der Waals surface area contributed by atoms with Gasteiger partial charge >= 0.3 is 0 Å². The molecule has 104 valence electrons. The van der Waals surface area contributed by atoms with Crippen LogP contribution in [0.2, 0.25) is 0 Å². The van der Waals surface area contributed by atoms with E-state index in [2.05, 4.69) is 4.72 Å². The summed E-state index contributed by atoms with van der Waals surface area (Å²) in [7, 11) is -3.63. The number of hydrogen-bond acceptors (Lipinski definition) is 5. The van der Waals surface area contributed by atoms with Gasteiger partial charge in [0.15, 0.2) is 0 Å². The van der Waals surface area contributed by atoms with E-state index in [4.69, 9.17) is 10.4 Å². The monoisotopic (exact) mass is 300 g/mol. The van der Waals surface area contributed by atoms with E-state index in [1.54, 1.807) is 6.92 Å². The second-order valence-electron chi connectivity index (χ2n) is 4.00. The first-order chi connectivity index (χ1) is 8.94. The average Bonchev–Trinajstić information content (AvgIpc) is 2.39. The maximum atomic E-state index is 12.1. The van der Waals surface area contributed by atoms with Gasteiger partial charge in [0, 0.05) is 11.3 Å². The third-order valence-electron chi connectivity index (χ3n) is 2.68. The number of aliphatic hydroxyl groups is 1. The normalized spacial score (nSPS) is 14.6. The molecule has 0 saturated carbocycles. The molecular weight excluding hydrogens is 284 g/mol. The predicted octanol–water partition coefficient (Wildman–Crippen LogP) is 0.949. The standard InChI is InChI=1S/C12H16N2O3S2/c1-9(12(8-15)18-2)14-19(16,17)11-5-3-10(7-13)4-6-11/h3-6,9,12,14-15H,8H2,1-2H3. The molecule has 7 heteroatoms. The minimum absolute atomic E-state index is 0.0990. The highest BCUT2D eigenvalue weighted by Gasteiger charge is 2.22. The van der Waals surface area contributed by atoms with Gasteiger partial charge in [-0.05, 0) is 37.4 Å².